The number of fused-ring (bicyclic) bond motifs is 3. The molecule has 0 atom stereocenters. The number of hydrogen-bond donors (Lipinski definition) is 1. The molecule has 148 valence electrons. The monoisotopic (exact) mass is 389 g/mol. The van der Waals surface area contributed by atoms with E-state index >= 15 is 0 Å². The summed E-state index contributed by atoms with van der Waals surface area (Å²) in [5, 5.41) is 12.3. The van der Waals surface area contributed by atoms with Crippen LogP contribution in [0.15, 0.2) is 66.7 Å². The van der Waals surface area contributed by atoms with Crippen molar-refractivity contribution < 1.29 is 19.4 Å². The highest BCUT2D eigenvalue weighted by Gasteiger charge is 2.24. The predicted molar refractivity (Wildman–Crippen MR) is 114 cm³/mol. The molecular weight excluding hydrogens is 366 g/mol. The first-order valence-electron chi connectivity index (χ1n) is 9.50. The molecule has 0 saturated heterocycles. The fourth-order valence-corrected chi connectivity index (χ4v) is 3.38. The molecule has 0 aliphatic rings. The summed E-state index contributed by atoms with van der Waals surface area (Å²) in [5.74, 6) is 0.380. The molecule has 0 radical (unpaired) electrons. The van der Waals surface area contributed by atoms with Crippen molar-refractivity contribution in [3.8, 4) is 11.5 Å². The number of phenolic OH excluding ortho intramolecular Hbond substituents is 1. The first kappa shape index (κ1) is 18.9. The Kier molecular flexibility index (Phi) is 4.66. The summed E-state index contributed by atoms with van der Waals surface area (Å²) in [6.45, 7) is 5.81. The first-order valence-corrected chi connectivity index (χ1v) is 9.50. The van der Waals surface area contributed by atoms with Crippen LogP contribution in [0.5, 0.6) is 11.5 Å². The molecule has 0 aliphatic carbocycles. The quantitative estimate of drug-likeness (QED) is 0.477. The van der Waals surface area contributed by atoms with E-state index in [-0.39, 0.29) is 5.75 Å². The van der Waals surface area contributed by atoms with Gasteiger partial charge in [0.05, 0.1) is 16.4 Å². The van der Waals surface area contributed by atoms with Crippen molar-refractivity contribution >= 4 is 27.9 Å². The number of carbonyl (C=O) groups excluding carboxylic acids is 1. The van der Waals surface area contributed by atoms with Crippen molar-refractivity contribution in [1.29, 1.82) is 0 Å². The van der Waals surface area contributed by atoms with E-state index in [2.05, 4.69) is 0 Å². The second-order valence-electron chi connectivity index (χ2n) is 7.91. The van der Waals surface area contributed by atoms with Crippen LogP contribution in [0.25, 0.3) is 21.8 Å². The average molecular weight is 389 g/mol. The van der Waals surface area contributed by atoms with Gasteiger partial charge in [-0.05, 0) is 44.5 Å². The van der Waals surface area contributed by atoms with Crippen LogP contribution < -0.4 is 4.74 Å². The van der Waals surface area contributed by atoms with E-state index in [9.17, 15) is 9.90 Å². The summed E-state index contributed by atoms with van der Waals surface area (Å²) in [4.78, 5) is 12.9. The summed E-state index contributed by atoms with van der Waals surface area (Å²) in [5.41, 5.74) is 1.62. The average Bonchev–Trinajstić information content (AvgIpc) is 3.02. The van der Waals surface area contributed by atoms with E-state index < -0.39 is 11.7 Å². The third-order valence-electron chi connectivity index (χ3n) is 4.59. The Hall–Kier alpha value is -3.47. The van der Waals surface area contributed by atoms with E-state index in [0.29, 0.717) is 28.8 Å². The van der Waals surface area contributed by atoms with Crippen LogP contribution in [-0.2, 0) is 11.3 Å². The van der Waals surface area contributed by atoms with E-state index in [0.717, 1.165) is 10.9 Å². The van der Waals surface area contributed by atoms with Crippen LogP contribution >= 0.6 is 0 Å². The van der Waals surface area contributed by atoms with Crippen LogP contribution in [0.3, 0.4) is 0 Å². The normalized spacial score (nSPS) is 11.7. The first-order chi connectivity index (χ1) is 13.8. The molecule has 0 fully saturated rings. The molecular formula is C24H23NO4. The van der Waals surface area contributed by atoms with Crippen molar-refractivity contribution in [2.75, 3.05) is 0 Å². The van der Waals surface area contributed by atoms with Crippen LogP contribution in [0.1, 0.15) is 26.3 Å². The van der Waals surface area contributed by atoms with Gasteiger partial charge in [-0.2, -0.15) is 0 Å². The minimum absolute atomic E-state index is 0.0111. The Morgan fingerprint density at radius 2 is 1.62 bits per heavy atom. The molecule has 0 unspecified atom stereocenters. The summed E-state index contributed by atoms with van der Waals surface area (Å²) < 4.78 is 12.9. The van der Waals surface area contributed by atoms with Crippen LogP contribution in [0, 0.1) is 0 Å². The van der Waals surface area contributed by atoms with Crippen molar-refractivity contribution in [3.05, 3.63) is 72.3 Å². The van der Waals surface area contributed by atoms with Gasteiger partial charge >= 0.3 is 6.09 Å². The Bertz CT molecular complexity index is 1190. The van der Waals surface area contributed by atoms with Crippen molar-refractivity contribution in [1.82, 2.24) is 4.57 Å². The number of aromatic hydroxyl groups is 1. The van der Waals surface area contributed by atoms with Crippen LogP contribution in [-0.4, -0.2) is 21.4 Å². The van der Waals surface area contributed by atoms with Crippen LogP contribution in [0.4, 0.5) is 4.79 Å². The highest BCUT2D eigenvalue weighted by molar-refractivity contribution is 6.15. The van der Waals surface area contributed by atoms with Gasteiger partial charge in [0.2, 0.25) is 0 Å². The van der Waals surface area contributed by atoms with Crippen molar-refractivity contribution in [2.24, 2.45) is 0 Å². The molecule has 0 aliphatic heterocycles. The maximum Gasteiger partial charge on any atom is 0.419 e. The Morgan fingerprint density at radius 3 is 2.34 bits per heavy atom. The zero-order valence-electron chi connectivity index (χ0n) is 16.7. The van der Waals surface area contributed by atoms with E-state index in [1.54, 1.807) is 12.1 Å². The zero-order valence-corrected chi connectivity index (χ0v) is 16.7. The maximum absolute atomic E-state index is 12.9. The van der Waals surface area contributed by atoms with Gasteiger partial charge < -0.3 is 14.6 Å². The molecule has 4 aromatic rings. The van der Waals surface area contributed by atoms with Gasteiger partial charge in [-0.3, -0.25) is 0 Å². The highest BCUT2D eigenvalue weighted by atomic mass is 16.6. The number of aromatic nitrogens is 1. The smallest absolute Gasteiger partial charge is 0.419 e. The van der Waals surface area contributed by atoms with E-state index in [1.165, 1.54) is 4.57 Å². The van der Waals surface area contributed by atoms with Gasteiger partial charge in [0.15, 0.2) is 11.5 Å². The number of ether oxygens (including phenoxy) is 2. The lowest BCUT2D eigenvalue weighted by Crippen LogP contribution is -2.27. The largest absolute Gasteiger partial charge is 0.504 e. The number of phenols is 1. The Morgan fingerprint density at radius 1 is 0.931 bits per heavy atom. The molecule has 5 heteroatoms. The van der Waals surface area contributed by atoms with Gasteiger partial charge in [0, 0.05) is 5.39 Å². The van der Waals surface area contributed by atoms with Crippen molar-refractivity contribution in [2.45, 2.75) is 33.0 Å². The molecule has 0 spiro atoms. The lowest BCUT2D eigenvalue weighted by atomic mass is 10.1. The molecule has 5 nitrogen and oxygen atoms in total. The number of rotatable bonds is 3. The molecule has 0 amide bonds. The SMILES string of the molecule is CC(C)(C)OC(=O)n1c2ccccc2c2c(O)c(OCc3ccccc3)ccc21. The summed E-state index contributed by atoms with van der Waals surface area (Å²) in [6, 6.07) is 20.6. The Balaban J connectivity index is 1.81. The second-order valence-corrected chi connectivity index (χ2v) is 7.91. The molecule has 4 rings (SSSR count). The lowest BCUT2D eigenvalue weighted by molar-refractivity contribution is 0.0551. The molecule has 3 aromatic carbocycles. The summed E-state index contributed by atoms with van der Waals surface area (Å²) in [7, 11) is 0. The molecule has 0 bridgehead atoms. The number of hydrogen-bond acceptors (Lipinski definition) is 4. The minimum Gasteiger partial charge on any atom is -0.504 e. The number of nitrogens with zero attached hydrogens (tertiary/aromatic N) is 1. The fraction of sp³-hybridized carbons (Fsp3) is 0.208. The standard InChI is InChI=1S/C24H23NO4/c1-24(2,3)29-23(27)25-18-12-8-7-11-17(18)21-19(25)13-14-20(22(21)26)28-15-16-9-5-4-6-10-16/h4-14,26H,15H2,1-3H3. The van der Waals surface area contributed by atoms with Gasteiger partial charge in [0.25, 0.3) is 0 Å². The third kappa shape index (κ3) is 3.63. The number of carbonyl (C=O) groups is 1. The number of para-hydroxylation sites is 1. The Labute approximate surface area is 169 Å². The van der Waals surface area contributed by atoms with E-state index in [1.807, 2.05) is 75.4 Å². The maximum atomic E-state index is 12.9. The summed E-state index contributed by atoms with van der Waals surface area (Å²) >= 11 is 0. The molecule has 1 aromatic heterocycles. The molecule has 0 saturated carbocycles. The highest BCUT2D eigenvalue weighted by Crippen LogP contribution is 2.41. The second kappa shape index (κ2) is 7.17. The van der Waals surface area contributed by atoms with Gasteiger partial charge in [-0.25, -0.2) is 9.36 Å². The third-order valence-corrected chi connectivity index (χ3v) is 4.59. The van der Waals surface area contributed by atoms with Crippen LogP contribution in [0.2, 0.25) is 0 Å². The number of benzene rings is 3. The zero-order chi connectivity index (χ0) is 20.6. The molecule has 29 heavy (non-hydrogen) atoms. The lowest BCUT2D eigenvalue weighted by Gasteiger charge is -2.20. The molecule has 1 heterocycles. The molecule has 1 N–H and O–H groups in total. The van der Waals surface area contributed by atoms with E-state index in [4.69, 9.17) is 9.47 Å². The minimum atomic E-state index is -0.629. The van der Waals surface area contributed by atoms with Gasteiger partial charge in [0.1, 0.15) is 12.2 Å². The van der Waals surface area contributed by atoms with Gasteiger partial charge in [-0.1, -0.05) is 48.5 Å². The fourth-order valence-electron chi connectivity index (χ4n) is 3.38. The topological polar surface area (TPSA) is 60.7 Å². The predicted octanol–water partition coefficient (Wildman–Crippen LogP) is 5.86. The summed E-state index contributed by atoms with van der Waals surface area (Å²) in [6.07, 6.45) is -0.485. The van der Waals surface area contributed by atoms with Gasteiger partial charge in [-0.15, -0.1) is 0 Å². The van der Waals surface area contributed by atoms with Crippen molar-refractivity contribution in [3.63, 3.8) is 0 Å².